The van der Waals surface area contributed by atoms with Gasteiger partial charge in [-0.15, -0.1) is 11.8 Å². The number of ether oxygens (including phenoxy) is 1. The van der Waals surface area contributed by atoms with E-state index in [-0.39, 0.29) is 18.9 Å². The Morgan fingerprint density at radius 3 is 2.52 bits per heavy atom. The second-order valence-electron chi connectivity index (χ2n) is 5.12. The summed E-state index contributed by atoms with van der Waals surface area (Å²) in [6, 6.07) is 14.6. The fourth-order valence-electron chi connectivity index (χ4n) is 1.90. The lowest BCUT2D eigenvalue weighted by molar-refractivity contribution is -0.148. The summed E-state index contributed by atoms with van der Waals surface area (Å²) in [5, 5.41) is 3.96. The van der Waals surface area contributed by atoms with E-state index in [0.717, 1.165) is 10.5 Å². The molecule has 0 bridgehead atoms. The molecule has 0 aromatic heterocycles. The predicted molar refractivity (Wildman–Crippen MR) is 101 cm³/mol. The lowest BCUT2D eigenvalue weighted by atomic mass is 10.2. The van der Waals surface area contributed by atoms with E-state index >= 15 is 0 Å². The molecular formula is C18H17Cl2NO3S. The van der Waals surface area contributed by atoms with Gasteiger partial charge in [-0.1, -0.05) is 35.3 Å². The van der Waals surface area contributed by atoms with Crippen LogP contribution in [0.4, 0.5) is 0 Å². The lowest BCUT2D eigenvalue weighted by Crippen LogP contribution is -2.28. The minimum atomic E-state index is -0.403. The molecule has 4 nitrogen and oxygen atoms in total. The molecule has 0 aliphatic rings. The van der Waals surface area contributed by atoms with Crippen molar-refractivity contribution in [3.63, 3.8) is 0 Å². The molecule has 7 heteroatoms. The first-order valence-corrected chi connectivity index (χ1v) is 9.32. The molecule has 0 saturated carbocycles. The summed E-state index contributed by atoms with van der Waals surface area (Å²) in [4.78, 5) is 24.4. The topological polar surface area (TPSA) is 55.4 Å². The number of amides is 1. The van der Waals surface area contributed by atoms with Crippen LogP contribution in [-0.2, 0) is 20.9 Å². The van der Waals surface area contributed by atoms with Crippen molar-refractivity contribution in [2.45, 2.75) is 17.9 Å². The van der Waals surface area contributed by atoms with E-state index in [1.807, 2.05) is 24.3 Å². The summed E-state index contributed by atoms with van der Waals surface area (Å²) >= 11 is 13.2. The van der Waals surface area contributed by atoms with Gasteiger partial charge in [0.25, 0.3) is 5.91 Å². The Balaban J connectivity index is 1.60. The van der Waals surface area contributed by atoms with Crippen LogP contribution in [0.3, 0.4) is 0 Å². The predicted octanol–water partition coefficient (Wildman–Crippen LogP) is 4.34. The maximum atomic E-state index is 11.7. The molecule has 0 aliphatic carbocycles. The highest BCUT2D eigenvalue weighted by atomic mass is 35.5. The van der Waals surface area contributed by atoms with Gasteiger partial charge in [-0.25, -0.2) is 0 Å². The van der Waals surface area contributed by atoms with Crippen LogP contribution in [0.15, 0.2) is 53.4 Å². The van der Waals surface area contributed by atoms with E-state index < -0.39 is 5.97 Å². The molecule has 2 aromatic carbocycles. The van der Waals surface area contributed by atoms with Gasteiger partial charge in [0.05, 0.1) is 6.42 Å². The van der Waals surface area contributed by atoms with Crippen molar-refractivity contribution in [1.29, 1.82) is 0 Å². The first-order chi connectivity index (χ1) is 12.0. The fraction of sp³-hybridized carbons (Fsp3) is 0.222. The zero-order valence-corrected chi connectivity index (χ0v) is 15.7. The molecular weight excluding hydrogens is 381 g/mol. The fourth-order valence-corrected chi connectivity index (χ4v) is 3.07. The normalized spacial score (nSPS) is 10.3. The molecule has 2 rings (SSSR count). The number of halogens is 2. The Kier molecular flexibility index (Phi) is 8.12. The Morgan fingerprint density at radius 2 is 1.80 bits per heavy atom. The number of carbonyl (C=O) groups is 2. The van der Waals surface area contributed by atoms with Crippen LogP contribution >= 0.6 is 35.0 Å². The molecule has 0 heterocycles. The van der Waals surface area contributed by atoms with Crippen molar-refractivity contribution in [2.24, 2.45) is 0 Å². The smallest absolute Gasteiger partial charge is 0.307 e. The zero-order valence-electron chi connectivity index (χ0n) is 13.3. The molecule has 2 aromatic rings. The van der Waals surface area contributed by atoms with Crippen molar-refractivity contribution in [2.75, 3.05) is 12.4 Å². The van der Waals surface area contributed by atoms with Crippen LogP contribution < -0.4 is 5.32 Å². The van der Waals surface area contributed by atoms with E-state index in [4.69, 9.17) is 27.9 Å². The average molecular weight is 398 g/mol. The van der Waals surface area contributed by atoms with Gasteiger partial charge in [0.15, 0.2) is 6.61 Å². The lowest BCUT2D eigenvalue weighted by Gasteiger charge is -2.07. The number of benzene rings is 2. The summed E-state index contributed by atoms with van der Waals surface area (Å²) in [5.74, 6) is -0.178. The standard InChI is InChI=1S/C18H17Cl2NO3S/c19-14-4-6-16(7-5-14)25-9-8-18(23)24-12-17(22)21-11-13-2-1-3-15(20)10-13/h1-7,10H,8-9,11-12H2,(H,21,22). The van der Waals surface area contributed by atoms with Crippen LogP contribution in [0.5, 0.6) is 0 Å². The highest BCUT2D eigenvalue weighted by Gasteiger charge is 2.08. The van der Waals surface area contributed by atoms with E-state index in [0.29, 0.717) is 22.3 Å². The summed E-state index contributed by atoms with van der Waals surface area (Å²) in [7, 11) is 0. The van der Waals surface area contributed by atoms with Gasteiger partial charge >= 0.3 is 5.97 Å². The summed E-state index contributed by atoms with van der Waals surface area (Å²) < 4.78 is 4.96. The highest BCUT2D eigenvalue weighted by Crippen LogP contribution is 2.21. The van der Waals surface area contributed by atoms with Crippen molar-refractivity contribution in [1.82, 2.24) is 5.32 Å². The van der Waals surface area contributed by atoms with Crippen molar-refractivity contribution in [3.8, 4) is 0 Å². The number of rotatable bonds is 8. The van der Waals surface area contributed by atoms with Gasteiger partial charge in [0, 0.05) is 27.2 Å². The molecule has 0 aliphatic heterocycles. The Labute approximate surface area is 160 Å². The largest absolute Gasteiger partial charge is 0.456 e. The number of thioether (sulfide) groups is 1. The number of esters is 1. The summed E-state index contributed by atoms with van der Waals surface area (Å²) in [6.45, 7) is 0.0500. The van der Waals surface area contributed by atoms with Gasteiger partial charge in [-0.2, -0.15) is 0 Å². The SMILES string of the molecule is O=C(COC(=O)CCSc1ccc(Cl)cc1)NCc1cccc(Cl)c1. The third kappa shape index (κ3) is 7.82. The van der Waals surface area contributed by atoms with Crippen molar-refractivity contribution in [3.05, 3.63) is 64.1 Å². The number of hydrogen-bond donors (Lipinski definition) is 1. The molecule has 0 fully saturated rings. The molecule has 1 N–H and O–H groups in total. The first-order valence-electron chi connectivity index (χ1n) is 7.58. The van der Waals surface area contributed by atoms with E-state index in [9.17, 15) is 9.59 Å². The monoisotopic (exact) mass is 397 g/mol. The molecule has 132 valence electrons. The maximum Gasteiger partial charge on any atom is 0.307 e. The van der Waals surface area contributed by atoms with E-state index in [2.05, 4.69) is 5.32 Å². The summed E-state index contributed by atoms with van der Waals surface area (Å²) in [5.41, 5.74) is 0.881. The molecule has 0 atom stereocenters. The van der Waals surface area contributed by atoms with Crippen molar-refractivity contribution < 1.29 is 14.3 Å². The average Bonchev–Trinajstić information content (AvgIpc) is 2.60. The van der Waals surface area contributed by atoms with Gasteiger partial charge < -0.3 is 10.1 Å². The molecule has 0 radical (unpaired) electrons. The third-order valence-electron chi connectivity index (χ3n) is 3.13. The third-order valence-corrected chi connectivity index (χ3v) is 4.63. The minimum absolute atomic E-state index is 0.231. The maximum absolute atomic E-state index is 11.7. The molecule has 1 amide bonds. The van der Waals surface area contributed by atoms with Gasteiger partial charge in [0.1, 0.15) is 0 Å². The van der Waals surface area contributed by atoms with Crippen LogP contribution in [-0.4, -0.2) is 24.2 Å². The zero-order chi connectivity index (χ0) is 18.1. The quantitative estimate of drug-likeness (QED) is 0.531. The van der Waals surface area contributed by atoms with Crippen LogP contribution in [0.25, 0.3) is 0 Å². The number of nitrogens with one attached hydrogen (secondary N) is 1. The molecule has 25 heavy (non-hydrogen) atoms. The van der Waals surface area contributed by atoms with Crippen molar-refractivity contribution >= 4 is 46.8 Å². The number of carbonyl (C=O) groups excluding carboxylic acids is 2. The summed E-state index contributed by atoms with van der Waals surface area (Å²) in [6.07, 6.45) is 0.231. The molecule has 0 unspecified atom stereocenters. The van der Waals surface area contributed by atoms with Crippen LogP contribution in [0.2, 0.25) is 10.0 Å². The van der Waals surface area contributed by atoms with Gasteiger partial charge in [-0.05, 0) is 42.0 Å². The van der Waals surface area contributed by atoms with Gasteiger partial charge in [0.2, 0.25) is 0 Å². The van der Waals surface area contributed by atoms with E-state index in [1.54, 1.807) is 24.3 Å². The van der Waals surface area contributed by atoms with Crippen LogP contribution in [0.1, 0.15) is 12.0 Å². The minimum Gasteiger partial charge on any atom is -0.456 e. The Hall–Kier alpha value is -1.69. The Morgan fingerprint density at radius 1 is 1.04 bits per heavy atom. The van der Waals surface area contributed by atoms with E-state index in [1.165, 1.54) is 11.8 Å². The number of hydrogen-bond acceptors (Lipinski definition) is 4. The second-order valence-corrected chi connectivity index (χ2v) is 7.16. The molecule has 0 saturated heterocycles. The molecule has 0 spiro atoms. The second kappa shape index (κ2) is 10.3. The first kappa shape index (κ1) is 19.6. The van der Waals surface area contributed by atoms with Crippen LogP contribution in [0, 0.1) is 0 Å². The Bertz CT molecular complexity index is 723. The van der Waals surface area contributed by atoms with Gasteiger partial charge in [-0.3, -0.25) is 9.59 Å². The highest BCUT2D eigenvalue weighted by molar-refractivity contribution is 7.99.